The lowest BCUT2D eigenvalue weighted by molar-refractivity contribution is 0.0968. The predicted octanol–water partition coefficient (Wildman–Crippen LogP) is 2.19. The Morgan fingerprint density at radius 3 is 2.80 bits per heavy atom. The van der Waals surface area contributed by atoms with E-state index in [4.69, 9.17) is 0 Å². The standard InChI is InChI=1S/C8H5BrO/c9-6-2-1-5-3-8(10)7(5)4-6/h1-2,4H,3H2. The molecule has 0 heterocycles. The SMILES string of the molecule is O=C1Cc2ccc(Br)cc21. The highest BCUT2D eigenvalue weighted by Crippen LogP contribution is 2.25. The van der Waals surface area contributed by atoms with E-state index in [1.807, 2.05) is 18.2 Å². The van der Waals surface area contributed by atoms with Crippen molar-refractivity contribution >= 4 is 21.7 Å². The van der Waals surface area contributed by atoms with Crippen LogP contribution in [0.25, 0.3) is 0 Å². The summed E-state index contributed by atoms with van der Waals surface area (Å²) in [6, 6.07) is 5.83. The van der Waals surface area contributed by atoms with Crippen molar-refractivity contribution in [1.29, 1.82) is 0 Å². The second kappa shape index (κ2) is 1.92. The Labute approximate surface area is 67.2 Å². The van der Waals surface area contributed by atoms with Gasteiger partial charge in [-0.25, -0.2) is 0 Å². The molecule has 0 aliphatic heterocycles. The summed E-state index contributed by atoms with van der Waals surface area (Å²) in [5, 5.41) is 0. The van der Waals surface area contributed by atoms with E-state index >= 15 is 0 Å². The highest BCUT2D eigenvalue weighted by atomic mass is 79.9. The van der Waals surface area contributed by atoms with Crippen LogP contribution in [0.1, 0.15) is 15.9 Å². The van der Waals surface area contributed by atoms with Gasteiger partial charge >= 0.3 is 0 Å². The topological polar surface area (TPSA) is 17.1 Å². The van der Waals surface area contributed by atoms with Gasteiger partial charge in [0.05, 0.1) is 0 Å². The highest BCUT2D eigenvalue weighted by Gasteiger charge is 2.22. The van der Waals surface area contributed by atoms with Crippen LogP contribution in [0.3, 0.4) is 0 Å². The molecule has 0 fully saturated rings. The van der Waals surface area contributed by atoms with Crippen molar-refractivity contribution in [3.05, 3.63) is 33.8 Å². The minimum absolute atomic E-state index is 0.260. The van der Waals surface area contributed by atoms with E-state index in [1.54, 1.807) is 0 Å². The van der Waals surface area contributed by atoms with Crippen LogP contribution in [0.15, 0.2) is 22.7 Å². The number of carbonyl (C=O) groups excluding carboxylic acids is 1. The number of fused-ring (bicyclic) bond motifs is 1. The number of rotatable bonds is 0. The van der Waals surface area contributed by atoms with E-state index in [9.17, 15) is 4.79 Å². The summed E-state index contributed by atoms with van der Waals surface area (Å²) in [5.74, 6) is 0.260. The molecule has 0 atom stereocenters. The summed E-state index contributed by atoms with van der Waals surface area (Å²) < 4.78 is 0.985. The third kappa shape index (κ3) is 0.721. The number of benzene rings is 1. The zero-order chi connectivity index (χ0) is 7.14. The Morgan fingerprint density at radius 2 is 2.20 bits per heavy atom. The molecular formula is C8H5BrO. The van der Waals surface area contributed by atoms with Crippen LogP contribution in [-0.4, -0.2) is 5.78 Å². The van der Waals surface area contributed by atoms with Crippen molar-refractivity contribution in [2.75, 3.05) is 0 Å². The third-order valence-electron chi connectivity index (χ3n) is 1.72. The predicted molar refractivity (Wildman–Crippen MR) is 42.2 cm³/mol. The van der Waals surface area contributed by atoms with E-state index < -0.39 is 0 Å². The average Bonchev–Trinajstić information content (AvgIpc) is 1.92. The summed E-state index contributed by atoms with van der Waals surface area (Å²) in [5.41, 5.74) is 2.06. The number of ketones is 1. The summed E-state index contributed by atoms with van der Waals surface area (Å²) in [6.07, 6.45) is 0.628. The number of halogens is 1. The second-order valence-corrected chi connectivity index (χ2v) is 3.32. The molecule has 1 aromatic carbocycles. The van der Waals surface area contributed by atoms with E-state index in [2.05, 4.69) is 15.9 Å². The van der Waals surface area contributed by atoms with E-state index in [-0.39, 0.29) is 5.78 Å². The van der Waals surface area contributed by atoms with Crippen LogP contribution in [-0.2, 0) is 6.42 Å². The molecule has 1 aliphatic rings. The molecule has 0 amide bonds. The lowest BCUT2D eigenvalue weighted by Crippen LogP contribution is -2.17. The molecule has 0 aromatic heterocycles. The molecule has 2 rings (SSSR count). The van der Waals surface area contributed by atoms with E-state index in [1.165, 1.54) is 5.56 Å². The third-order valence-corrected chi connectivity index (χ3v) is 2.22. The molecule has 1 aromatic rings. The monoisotopic (exact) mass is 196 g/mol. The molecular weight excluding hydrogens is 192 g/mol. The summed E-state index contributed by atoms with van der Waals surface area (Å²) in [4.78, 5) is 10.9. The Bertz CT molecular complexity index is 304. The second-order valence-electron chi connectivity index (χ2n) is 2.40. The zero-order valence-electron chi connectivity index (χ0n) is 5.23. The van der Waals surface area contributed by atoms with Crippen molar-refractivity contribution in [3.8, 4) is 0 Å². The Hall–Kier alpha value is -0.630. The number of Topliss-reactive ketones (excluding diaryl/α,β-unsaturated/α-hetero) is 1. The summed E-state index contributed by atoms with van der Waals surface area (Å²) in [6.45, 7) is 0. The van der Waals surface area contributed by atoms with Gasteiger partial charge in [-0.3, -0.25) is 4.79 Å². The smallest absolute Gasteiger partial charge is 0.167 e. The van der Waals surface area contributed by atoms with Crippen LogP contribution in [0.5, 0.6) is 0 Å². The molecule has 0 bridgehead atoms. The largest absolute Gasteiger partial charge is 0.294 e. The van der Waals surface area contributed by atoms with Gasteiger partial charge in [-0.2, -0.15) is 0 Å². The van der Waals surface area contributed by atoms with Gasteiger partial charge < -0.3 is 0 Å². The molecule has 0 unspecified atom stereocenters. The van der Waals surface area contributed by atoms with Crippen LogP contribution in [0, 0.1) is 0 Å². The lowest BCUT2D eigenvalue weighted by atomic mass is 9.87. The first-order valence-corrected chi connectivity index (χ1v) is 3.88. The fourth-order valence-corrected chi connectivity index (χ4v) is 1.48. The zero-order valence-corrected chi connectivity index (χ0v) is 6.81. The molecule has 0 radical (unpaired) electrons. The molecule has 2 heteroatoms. The summed E-state index contributed by atoms with van der Waals surface area (Å²) >= 11 is 3.31. The molecule has 50 valence electrons. The van der Waals surface area contributed by atoms with Gasteiger partial charge in [-0.1, -0.05) is 22.0 Å². The van der Waals surface area contributed by atoms with Crippen LogP contribution in [0.2, 0.25) is 0 Å². The maximum atomic E-state index is 10.9. The maximum Gasteiger partial charge on any atom is 0.167 e. The van der Waals surface area contributed by atoms with Gasteiger partial charge in [0.1, 0.15) is 0 Å². The first-order valence-electron chi connectivity index (χ1n) is 3.09. The van der Waals surface area contributed by atoms with Crippen LogP contribution in [0.4, 0.5) is 0 Å². The molecule has 0 saturated carbocycles. The molecule has 0 N–H and O–H groups in total. The quantitative estimate of drug-likeness (QED) is 0.622. The van der Waals surface area contributed by atoms with E-state index in [0.29, 0.717) is 6.42 Å². The molecule has 0 spiro atoms. The minimum atomic E-state index is 0.260. The highest BCUT2D eigenvalue weighted by molar-refractivity contribution is 9.10. The minimum Gasteiger partial charge on any atom is -0.294 e. The van der Waals surface area contributed by atoms with Gasteiger partial charge in [-0.05, 0) is 17.7 Å². The van der Waals surface area contributed by atoms with E-state index in [0.717, 1.165) is 10.0 Å². The number of hydrogen-bond donors (Lipinski definition) is 0. The molecule has 1 nitrogen and oxygen atoms in total. The molecule has 0 saturated heterocycles. The van der Waals surface area contributed by atoms with Gasteiger partial charge in [0.2, 0.25) is 0 Å². The Morgan fingerprint density at radius 1 is 1.40 bits per heavy atom. The van der Waals surface area contributed by atoms with Crippen molar-refractivity contribution in [2.45, 2.75) is 6.42 Å². The average molecular weight is 197 g/mol. The molecule has 1 aliphatic carbocycles. The Balaban J connectivity index is 2.61. The molecule has 10 heavy (non-hydrogen) atoms. The number of hydrogen-bond acceptors (Lipinski definition) is 1. The van der Waals surface area contributed by atoms with Gasteiger partial charge in [0.15, 0.2) is 5.78 Å². The fourth-order valence-electron chi connectivity index (χ4n) is 1.12. The summed E-state index contributed by atoms with van der Waals surface area (Å²) in [7, 11) is 0. The number of carbonyl (C=O) groups is 1. The fraction of sp³-hybridized carbons (Fsp3) is 0.125. The van der Waals surface area contributed by atoms with Gasteiger partial charge in [0.25, 0.3) is 0 Å². The first kappa shape index (κ1) is 6.10. The van der Waals surface area contributed by atoms with Crippen LogP contribution >= 0.6 is 15.9 Å². The van der Waals surface area contributed by atoms with Crippen molar-refractivity contribution in [3.63, 3.8) is 0 Å². The van der Waals surface area contributed by atoms with Crippen LogP contribution < -0.4 is 0 Å². The Kier molecular flexibility index (Phi) is 1.17. The normalized spacial score (nSPS) is 14.3. The maximum absolute atomic E-state index is 10.9. The van der Waals surface area contributed by atoms with Gasteiger partial charge in [0, 0.05) is 16.5 Å². The van der Waals surface area contributed by atoms with Crippen molar-refractivity contribution < 1.29 is 4.79 Å². The van der Waals surface area contributed by atoms with Gasteiger partial charge in [-0.15, -0.1) is 0 Å². The van der Waals surface area contributed by atoms with Crippen molar-refractivity contribution in [2.24, 2.45) is 0 Å². The van der Waals surface area contributed by atoms with Crippen molar-refractivity contribution in [1.82, 2.24) is 0 Å². The lowest BCUT2D eigenvalue weighted by Gasteiger charge is -2.16. The first-order chi connectivity index (χ1) is 4.77.